The molecule has 0 aliphatic carbocycles. The van der Waals surface area contributed by atoms with E-state index in [1.807, 2.05) is 24.3 Å². The summed E-state index contributed by atoms with van der Waals surface area (Å²) in [5.74, 6) is -0.0479. The van der Waals surface area contributed by atoms with Crippen molar-refractivity contribution in [2.24, 2.45) is 0 Å². The van der Waals surface area contributed by atoms with Gasteiger partial charge in [0, 0.05) is 25.3 Å². The molecule has 0 N–H and O–H groups in total. The van der Waals surface area contributed by atoms with Crippen molar-refractivity contribution in [3.05, 3.63) is 83.3 Å². The summed E-state index contributed by atoms with van der Waals surface area (Å²) in [6.07, 6.45) is 3.59. The lowest BCUT2D eigenvalue weighted by Gasteiger charge is -2.23. The third-order valence-electron chi connectivity index (χ3n) is 4.34. The molecular formula is C22H22N2OS2. The van der Waals surface area contributed by atoms with Gasteiger partial charge in [0.25, 0.3) is 5.91 Å². The lowest BCUT2D eigenvalue weighted by Crippen LogP contribution is -2.27. The lowest BCUT2D eigenvalue weighted by molar-refractivity contribution is -0.121. The van der Waals surface area contributed by atoms with E-state index in [1.165, 1.54) is 17.3 Å². The summed E-state index contributed by atoms with van der Waals surface area (Å²) in [6.45, 7) is 8.08. The lowest BCUT2D eigenvalue weighted by atomic mass is 10.1. The van der Waals surface area contributed by atoms with Gasteiger partial charge in [0.2, 0.25) is 0 Å². The maximum Gasteiger partial charge on any atom is 0.266 e. The van der Waals surface area contributed by atoms with Gasteiger partial charge in [-0.2, -0.15) is 0 Å². The topological polar surface area (TPSA) is 23.6 Å². The molecule has 2 aromatic rings. The zero-order valence-corrected chi connectivity index (χ0v) is 16.9. The van der Waals surface area contributed by atoms with Crippen molar-refractivity contribution in [2.75, 3.05) is 18.0 Å². The molecule has 0 aromatic heterocycles. The molecule has 1 aliphatic heterocycles. The van der Waals surface area contributed by atoms with Crippen LogP contribution in [0.2, 0.25) is 0 Å². The number of nitrogens with zero attached hydrogens (tertiary/aromatic N) is 2. The van der Waals surface area contributed by atoms with Crippen LogP contribution in [0.1, 0.15) is 18.1 Å². The molecular weight excluding hydrogens is 372 g/mol. The predicted molar refractivity (Wildman–Crippen MR) is 120 cm³/mol. The summed E-state index contributed by atoms with van der Waals surface area (Å²) in [6, 6.07) is 18.7. The molecule has 0 spiro atoms. The second-order valence-electron chi connectivity index (χ2n) is 6.17. The number of thiocarbonyl (C=S) groups is 1. The van der Waals surface area contributed by atoms with Crippen LogP contribution in [0.25, 0.3) is 6.08 Å². The number of carbonyl (C=O) groups excluding carboxylic acids is 1. The Morgan fingerprint density at radius 1 is 1.15 bits per heavy atom. The highest BCUT2D eigenvalue weighted by atomic mass is 32.2. The average molecular weight is 395 g/mol. The number of amides is 1. The van der Waals surface area contributed by atoms with Gasteiger partial charge in [-0.1, -0.05) is 72.5 Å². The Morgan fingerprint density at radius 3 is 2.48 bits per heavy atom. The molecule has 1 fully saturated rings. The summed E-state index contributed by atoms with van der Waals surface area (Å²) in [5.41, 5.74) is 3.45. The molecule has 1 saturated heterocycles. The minimum Gasteiger partial charge on any atom is -0.367 e. The number of hydrogen-bond donors (Lipinski definition) is 0. The van der Waals surface area contributed by atoms with Crippen molar-refractivity contribution in [2.45, 2.75) is 13.5 Å². The van der Waals surface area contributed by atoms with Crippen molar-refractivity contribution >= 4 is 46.0 Å². The molecule has 3 rings (SSSR count). The summed E-state index contributed by atoms with van der Waals surface area (Å²) in [4.78, 5) is 17.0. The number of hydrogen-bond acceptors (Lipinski definition) is 4. The minimum atomic E-state index is -0.0479. The van der Waals surface area contributed by atoms with Crippen molar-refractivity contribution in [3.63, 3.8) is 0 Å². The summed E-state index contributed by atoms with van der Waals surface area (Å²) < 4.78 is 0.586. The number of thioether (sulfide) groups is 1. The molecule has 1 amide bonds. The highest BCUT2D eigenvalue weighted by Gasteiger charge is 2.30. The van der Waals surface area contributed by atoms with Crippen molar-refractivity contribution in [3.8, 4) is 0 Å². The first kappa shape index (κ1) is 19.4. The first-order valence-electron chi connectivity index (χ1n) is 8.87. The third kappa shape index (κ3) is 4.67. The van der Waals surface area contributed by atoms with Crippen LogP contribution in [0.5, 0.6) is 0 Å². The van der Waals surface area contributed by atoms with Crippen LogP contribution in [0.3, 0.4) is 0 Å². The van der Waals surface area contributed by atoms with E-state index >= 15 is 0 Å². The maximum absolute atomic E-state index is 12.4. The Bertz CT molecular complexity index is 860. The second-order valence-corrected chi connectivity index (χ2v) is 7.85. The Hall–Kier alpha value is -2.37. The zero-order valence-electron chi connectivity index (χ0n) is 15.3. The van der Waals surface area contributed by atoms with E-state index in [-0.39, 0.29) is 5.91 Å². The third-order valence-corrected chi connectivity index (χ3v) is 5.72. The van der Waals surface area contributed by atoms with Gasteiger partial charge in [0.1, 0.15) is 4.32 Å². The number of anilines is 1. The molecule has 0 saturated carbocycles. The Balaban J connectivity index is 1.74. The van der Waals surface area contributed by atoms with Crippen LogP contribution in [-0.2, 0) is 11.3 Å². The molecule has 1 aliphatic rings. The first-order valence-corrected chi connectivity index (χ1v) is 10.1. The Morgan fingerprint density at radius 2 is 1.85 bits per heavy atom. The van der Waals surface area contributed by atoms with E-state index in [9.17, 15) is 4.79 Å². The number of benzene rings is 2. The van der Waals surface area contributed by atoms with Gasteiger partial charge in [-0.25, -0.2) is 0 Å². The molecule has 1 heterocycles. The van der Waals surface area contributed by atoms with Gasteiger partial charge in [0.05, 0.1) is 4.91 Å². The molecule has 5 heteroatoms. The van der Waals surface area contributed by atoms with Gasteiger partial charge < -0.3 is 4.90 Å². The van der Waals surface area contributed by atoms with E-state index in [0.717, 1.165) is 24.3 Å². The van der Waals surface area contributed by atoms with Crippen LogP contribution >= 0.6 is 24.0 Å². The average Bonchev–Trinajstić information content (AvgIpc) is 2.95. The largest absolute Gasteiger partial charge is 0.367 e. The predicted octanol–water partition coefficient (Wildman–Crippen LogP) is 5.10. The van der Waals surface area contributed by atoms with Crippen molar-refractivity contribution in [1.29, 1.82) is 0 Å². The van der Waals surface area contributed by atoms with Gasteiger partial charge >= 0.3 is 0 Å². The molecule has 2 aromatic carbocycles. The molecule has 138 valence electrons. The molecule has 3 nitrogen and oxygen atoms in total. The summed E-state index contributed by atoms with van der Waals surface area (Å²) >= 11 is 6.63. The smallest absolute Gasteiger partial charge is 0.266 e. The molecule has 0 radical (unpaired) electrons. The van der Waals surface area contributed by atoms with Gasteiger partial charge in [-0.3, -0.25) is 9.69 Å². The highest BCUT2D eigenvalue weighted by Crippen LogP contribution is 2.32. The Kier molecular flexibility index (Phi) is 6.48. The fourth-order valence-electron chi connectivity index (χ4n) is 2.91. The fraction of sp³-hybridized carbons (Fsp3) is 0.182. The van der Waals surface area contributed by atoms with E-state index in [4.69, 9.17) is 12.2 Å². The van der Waals surface area contributed by atoms with E-state index in [0.29, 0.717) is 15.8 Å². The monoisotopic (exact) mass is 394 g/mol. The van der Waals surface area contributed by atoms with Gasteiger partial charge in [-0.05, 0) is 36.3 Å². The summed E-state index contributed by atoms with van der Waals surface area (Å²) in [7, 11) is 0. The SMILES string of the molecule is C=CCN1C(=O)/C(=C/c2ccc(N(CC)Cc3ccccc3)cc2)SC1=S. The maximum atomic E-state index is 12.4. The Labute approximate surface area is 170 Å². The second kappa shape index (κ2) is 9.02. The van der Waals surface area contributed by atoms with Gasteiger partial charge in [-0.15, -0.1) is 6.58 Å². The normalized spacial score (nSPS) is 15.4. The highest BCUT2D eigenvalue weighted by molar-refractivity contribution is 8.26. The van der Waals surface area contributed by atoms with Crippen LogP contribution in [0, 0.1) is 0 Å². The van der Waals surface area contributed by atoms with E-state index in [1.54, 1.807) is 11.0 Å². The van der Waals surface area contributed by atoms with Crippen LogP contribution in [0.4, 0.5) is 5.69 Å². The van der Waals surface area contributed by atoms with Crippen LogP contribution in [0.15, 0.2) is 72.2 Å². The van der Waals surface area contributed by atoms with Gasteiger partial charge in [0.15, 0.2) is 0 Å². The molecule has 0 bridgehead atoms. The fourth-order valence-corrected chi connectivity index (χ4v) is 4.18. The van der Waals surface area contributed by atoms with E-state index in [2.05, 4.69) is 54.8 Å². The number of rotatable bonds is 7. The van der Waals surface area contributed by atoms with Crippen molar-refractivity contribution in [1.82, 2.24) is 4.90 Å². The van der Waals surface area contributed by atoms with Crippen LogP contribution in [-0.4, -0.2) is 28.2 Å². The molecule has 0 atom stereocenters. The van der Waals surface area contributed by atoms with Crippen molar-refractivity contribution < 1.29 is 4.79 Å². The van der Waals surface area contributed by atoms with E-state index < -0.39 is 0 Å². The standard InChI is InChI=1S/C22H22N2OS2/c1-3-14-24-21(25)20(27-22(24)26)15-17-10-12-19(13-11-17)23(4-2)16-18-8-6-5-7-9-18/h3,5-13,15H,1,4,14,16H2,2H3/b20-15-. The van der Waals surface area contributed by atoms with Crippen LogP contribution < -0.4 is 4.90 Å². The zero-order chi connectivity index (χ0) is 19.2. The minimum absolute atomic E-state index is 0.0479. The first-order chi connectivity index (χ1) is 13.1. The number of carbonyl (C=O) groups is 1. The molecule has 0 unspecified atom stereocenters. The quantitative estimate of drug-likeness (QED) is 0.370. The summed E-state index contributed by atoms with van der Waals surface area (Å²) in [5, 5.41) is 0. The molecule has 27 heavy (non-hydrogen) atoms.